The summed E-state index contributed by atoms with van der Waals surface area (Å²) in [6.07, 6.45) is -0.0387. The molecule has 0 saturated carbocycles. The van der Waals surface area contributed by atoms with E-state index in [-0.39, 0.29) is 29.2 Å². The maximum absolute atomic E-state index is 12.3. The summed E-state index contributed by atoms with van der Waals surface area (Å²) in [5.41, 5.74) is 0.665. The molecular weight excluding hydrogens is 302 g/mol. The van der Waals surface area contributed by atoms with E-state index in [2.05, 4.69) is 0 Å². The van der Waals surface area contributed by atoms with E-state index in [1.54, 1.807) is 42.5 Å². The Bertz CT molecular complexity index is 843. The molecule has 5 nitrogen and oxygen atoms in total. The number of amides is 1. The molecule has 112 valence electrons. The SMILES string of the molecule is O=C(CCN1C(=O)c2ccccc2S1(=O)=O)c1ccccc1. The Morgan fingerprint density at radius 3 is 2.27 bits per heavy atom. The van der Waals surface area contributed by atoms with Gasteiger partial charge in [0.1, 0.15) is 4.90 Å². The summed E-state index contributed by atoms with van der Waals surface area (Å²) in [5, 5.41) is 0. The van der Waals surface area contributed by atoms with Crippen molar-refractivity contribution in [2.24, 2.45) is 0 Å². The van der Waals surface area contributed by atoms with Crippen LogP contribution in [0.25, 0.3) is 0 Å². The van der Waals surface area contributed by atoms with E-state index in [1.165, 1.54) is 12.1 Å². The van der Waals surface area contributed by atoms with Gasteiger partial charge in [0.25, 0.3) is 15.9 Å². The molecule has 6 heteroatoms. The van der Waals surface area contributed by atoms with Gasteiger partial charge in [0.15, 0.2) is 5.78 Å². The van der Waals surface area contributed by atoms with Gasteiger partial charge in [-0.15, -0.1) is 0 Å². The molecule has 0 fully saturated rings. The minimum absolute atomic E-state index is 0.00663. The number of hydrogen-bond donors (Lipinski definition) is 0. The number of benzene rings is 2. The van der Waals surface area contributed by atoms with E-state index in [4.69, 9.17) is 0 Å². The van der Waals surface area contributed by atoms with Gasteiger partial charge in [-0.2, -0.15) is 0 Å². The Morgan fingerprint density at radius 2 is 1.59 bits per heavy atom. The molecule has 0 saturated heterocycles. The third kappa shape index (κ3) is 2.31. The highest BCUT2D eigenvalue weighted by molar-refractivity contribution is 7.90. The summed E-state index contributed by atoms with van der Waals surface area (Å²) >= 11 is 0. The highest BCUT2D eigenvalue weighted by atomic mass is 32.2. The minimum Gasteiger partial charge on any atom is -0.294 e. The highest BCUT2D eigenvalue weighted by Gasteiger charge is 2.40. The largest absolute Gasteiger partial charge is 0.294 e. The van der Waals surface area contributed by atoms with Crippen molar-refractivity contribution >= 4 is 21.7 Å². The summed E-state index contributed by atoms with van der Waals surface area (Å²) in [4.78, 5) is 24.3. The van der Waals surface area contributed by atoms with Crippen LogP contribution >= 0.6 is 0 Å². The first-order chi connectivity index (χ1) is 10.5. The van der Waals surface area contributed by atoms with Gasteiger partial charge in [0.2, 0.25) is 0 Å². The molecule has 2 aromatic rings. The van der Waals surface area contributed by atoms with Gasteiger partial charge in [-0.3, -0.25) is 9.59 Å². The lowest BCUT2D eigenvalue weighted by Crippen LogP contribution is -2.32. The highest BCUT2D eigenvalue weighted by Crippen LogP contribution is 2.29. The molecule has 2 aromatic carbocycles. The number of rotatable bonds is 4. The molecule has 0 atom stereocenters. The summed E-state index contributed by atoms with van der Waals surface area (Å²) < 4.78 is 25.5. The van der Waals surface area contributed by atoms with Crippen molar-refractivity contribution in [2.45, 2.75) is 11.3 Å². The monoisotopic (exact) mass is 315 g/mol. The van der Waals surface area contributed by atoms with Gasteiger partial charge >= 0.3 is 0 Å². The lowest BCUT2D eigenvalue weighted by molar-refractivity contribution is 0.0860. The molecular formula is C16H13NO4S. The van der Waals surface area contributed by atoms with Crippen LogP contribution in [0.4, 0.5) is 0 Å². The van der Waals surface area contributed by atoms with Gasteiger partial charge < -0.3 is 0 Å². The van der Waals surface area contributed by atoms with E-state index in [9.17, 15) is 18.0 Å². The van der Waals surface area contributed by atoms with Crippen LogP contribution in [0.3, 0.4) is 0 Å². The van der Waals surface area contributed by atoms with E-state index in [0.717, 1.165) is 4.31 Å². The number of sulfonamides is 1. The summed E-state index contributed by atoms with van der Waals surface area (Å²) in [6.45, 7) is -0.149. The van der Waals surface area contributed by atoms with Crippen LogP contribution in [0.2, 0.25) is 0 Å². The molecule has 0 aliphatic carbocycles. The van der Waals surface area contributed by atoms with E-state index in [1.807, 2.05) is 0 Å². The number of Topliss-reactive ketones (excluding diaryl/α,β-unsaturated/α-hetero) is 1. The zero-order valence-corrected chi connectivity index (χ0v) is 12.4. The van der Waals surface area contributed by atoms with Crippen LogP contribution < -0.4 is 0 Å². The van der Waals surface area contributed by atoms with E-state index >= 15 is 0 Å². The molecule has 1 aliphatic heterocycles. The van der Waals surface area contributed by atoms with Crippen molar-refractivity contribution < 1.29 is 18.0 Å². The maximum atomic E-state index is 12.3. The number of fused-ring (bicyclic) bond motifs is 1. The smallest absolute Gasteiger partial charge is 0.269 e. The minimum atomic E-state index is -3.84. The van der Waals surface area contributed by atoms with Crippen LogP contribution in [0, 0.1) is 0 Å². The number of ketones is 1. The molecule has 0 N–H and O–H groups in total. The topological polar surface area (TPSA) is 71.5 Å². The lowest BCUT2D eigenvalue weighted by Gasteiger charge is -2.14. The van der Waals surface area contributed by atoms with Gasteiger partial charge in [0.05, 0.1) is 5.56 Å². The number of nitrogens with zero attached hydrogens (tertiary/aromatic N) is 1. The molecule has 1 aliphatic rings. The van der Waals surface area contributed by atoms with Crippen LogP contribution in [-0.4, -0.2) is 31.0 Å². The fourth-order valence-electron chi connectivity index (χ4n) is 2.42. The van der Waals surface area contributed by atoms with Crippen molar-refractivity contribution in [2.75, 3.05) is 6.54 Å². The predicted molar refractivity (Wildman–Crippen MR) is 80.1 cm³/mol. The van der Waals surface area contributed by atoms with Crippen LogP contribution in [0.1, 0.15) is 27.1 Å². The zero-order chi connectivity index (χ0) is 15.7. The first-order valence-corrected chi connectivity index (χ1v) is 8.20. The van der Waals surface area contributed by atoms with Crippen LogP contribution in [0.15, 0.2) is 59.5 Å². The fourth-order valence-corrected chi connectivity index (χ4v) is 3.99. The Morgan fingerprint density at radius 1 is 0.955 bits per heavy atom. The number of carbonyl (C=O) groups is 2. The lowest BCUT2D eigenvalue weighted by atomic mass is 10.1. The van der Waals surface area contributed by atoms with E-state index in [0.29, 0.717) is 5.56 Å². The molecule has 1 amide bonds. The van der Waals surface area contributed by atoms with Crippen molar-refractivity contribution in [3.63, 3.8) is 0 Å². The molecule has 0 radical (unpaired) electrons. The predicted octanol–water partition coefficient (Wildman–Crippen LogP) is 2.10. The Balaban J connectivity index is 1.80. The maximum Gasteiger partial charge on any atom is 0.269 e. The third-order valence-corrected chi connectivity index (χ3v) is 5.39. The third-order valence-electron chi connectivity index (χ3n) is 3.55. The summed E-state index contributed by atoms with van der Waals surface area (Å²) in [5.74, 6) is -0.768. The van der Waals surface area contributed by atoms with Crippen molar-refractivity contribution in [3.8, 4) is 0 Å². The van der Waals surface area contributed by atoms with Gasteiger partial charge in [-0.05, 0) is 12.1 Å². The second-order valence-electron chi connectivity index (χ2n) is 4.92. The standard InChI is InChI=1S/C16H13NO4S/c18-14(12-6-2-1-3-7-12)10-11-17-16(19)13-8-4-5-9-15(13)22(17,20)21/h1-9H,10-11H2. The second-order valence-corrected chi connectivity index (χ2v) is 6.75. The molecule has 0 bridgehead atoms. The number of carbonyl (C=O) groups excluding carboxylic acids is 2. The summed E-state index contributed by atoms with van der Waals surface area (Å²) in [6, 6.07) is 14.7. The average molecular weight is 315 g/mol. The van der Waals surface area contributed by atoms with Crippen molar-refractivity contribution in [3.05, 3.63) is 65.7 Å². The number of hydrogen-bond acceptors (Lipinski definition) is 4. The van der Waals surface area contributed by atoms with E-state index < -0.39 is 15.9 Å². The Hall–Kier alpha value is -2.47. The molecule has 22 heavy (non-hydrogen) atoms. The zero-order valence-electron chi connectivity index (χ0n) is 11.6. The molecule has 0 aromatic heterocycles. The molecule has 3 rings (SSSR count). The fraction of sp³-hybridized carbons (Fsp3) is 0.125. The molecule has 0 unspecified atom stereocenters. The Labute approximate surface area is 128 Å². The second kappa shape index (κ2) is 5.38. The van der Waals surface area contributed by atoms with Crippen molar-refractivity contribution in [1.29, 1.82) is 0 Å². The average Bonchev–Trinajstić information content (AvgIpc) is 2.73. The quantitative estimate of drug-likeness (QED) is 0.810. The van der Waals surface area contributed by atoms with Gasteiger partial charge in [-0.1, -0.05) is 42.5 Å². The van der Waals surface area contributed by atoms with Gasteiger partial charge in [-0.25, -0.2) is 12.7 Å². The molecule has 0 spiro atoms. The first kappa shape index (κ1) is 14.5. The normalized spacial score (nSPS) is 15.6. The van der Waals surface area contributed by atoms with Crippen LogP contribution in [0.5, 0.6) is 0 Å². The summed E-state index contributed by atoms with van der Waals surface area (Å²) in [7, 11) is -3.84. The van der Waals surface area contributed by atoms with Crippen molar-refractivity contribution in [1.82, 2.24) is 4.31 Å². The first-order valence-electron chi connectivity index (χ1n) is 6.76. The molecule has 1 heterocycles. The van der Waals surface area contributed by atoms with Gasteiger partial charge in [0, 0.05) is 18.5 Å². The van der Waals surface area contributed by atoms with Crippen LogP contribution in [-0.2, 0) is 10.0 Å². The Kier molecular flexibility index (Phi) is 3.54.